The van der Waals surface area contributed by atoms with Crippen LogP contribution < -0.4 is 5.14 Å². The minimum atomic E-state index is -3.89. The molecule has 3 aromatic rings. The Bertz CT molecular complexity index is 1040. The van der Waals surface area contributed by atoms with Crippen molar-refractivity contribution in [1.29, 1.82) is 0 Å². The molecule has 5 heteroatoms. The average molecular weight is 384 g/mol. The summed E-state index contributed by atoms with van der Waals surface area (Å²) in [4.78, 5) is 0.0783. The first kappa shape index (κ1) is 19.5. The molecule has 0 heterocycles. The van der Waals surface area contributed by atoms with Crippen LogP contribution in [0.3, 0.4) is 0 Å². The highest BCUT2D eigenvalue weighted by Gasteiger charge is 2.32. The third kappa shape index (κ3) is 3.90. The number of nitrogens with two attached hydrogens (primary N) is 1. The van der Waals surface area contributed by atoms with Crippen LogP contribution in [0.4, 0.5) is 0 Å². The van der Waals surface area contributed by atoms with Crippen molar-refractivity contribution in [3.63, 3.8) is 0 Å². The first-order chi connectivity index (χ1) is 12.8. The van der Waals surface area contributed by atoms with Gasteiger partial charge in [0.05, 0.1) is 11.0 Å². The Morgan fingerprint density at radius 1 is 0.926 bits per heavy atom. The van der Waals surface area contributed by atoms with E-state index in [9.17, 15) is 13.5 Å². The Morgan fingerprint density at radius 3 is 2.22 bits per heavy atom. The van der Waals surface area contributed by atoms with Crippen molar-refractivity contribution in [3.8, 4) is 0 Å². The Kier molecular flexibility index (Phi) is 5.65. The quantitative estimate of drug-likeness (QED) is 0.664. The van der Waals surface area contributed by atoms with Gasteiger partial charge in [0, 0.05) is 5.92 Å². The van der Waals surface area contributed by atoms with E-state index in [-0.39, 0.29) is 10.8 Å². The van der Waals surface area contributed by atoms with Crippen molar-refractivity contribution >= 4 is 20.8 Å². The highest BCUT2D eigenvalue weighted by Crippen LogP contribution is 2.42. The van der Waals surface area contributed by atoms with E-state index in [1.54, 1.807) is 18.2 Å². The zero-order chi connectivity index (χ0) is 19.6. The number of aliphatic hydroxyl groups is 1. The van der Waals surface area contributed by atoms with Crippen LogP contribution in [0, 0.1) is 5.92 Å². The summed E-state index contributed by atoms with van der Waals surface area (Å²) < 4.78 is 24.3. The van der Waals surface area contributed by atoms with E-state index >= 15 is 0 Å². The molecule has 0 fully saturated rings. The van der Waals surface area contributed by atoms with Gasteiger partial charge in [-0.05, 0) is 33.9 Å². The van der Waals surface area contributed by atoms with Crippen LogP contribution in [-0.4, -0.2) is 13.5 Å². The topological polar surface area (TPSA) is 80.4 Å². The number of rotatable bonds is 6. The highest BCUT2D eigenvalue weighted by atomic mass is 32.2. The Morgan fingerprint density at radius 2 is 1.52 bits per heavy atom. The fourth-order valence-electron chi connectivity index (χ4n) is 3.76. The Hall–Kier alpha value is -2.21. The lowest BCUT2D eigenvalue weighted by Gasteiger charge is -2.30. The molecule has 0 saturated heterocycles. The van der Waals surface area contributed by atoms with Gasteiger partial charge in [0.1, 0.15) is 0 Å². The van der Waals surface area contributed by atoms with E-state index in [4.69, 9.17) is 5.14 Å². The smallest absolute Gasteiger partial charge is 0.238 e. The number of sulfonamides is 1. The van der Waals surface area contributed by atoms with Crippen LogP contribution >= 0.6 is 0 Å². The molecule has 0 aliphatic heterocycles. The van der Waals surface area contributed by atoms with E-state index in [1.165, 1.54) is 6.07 Å². The third-order valence-electron chi connectivity index (χ3n) is 5.32. The monoisotopic (exact) mass is 383 g/mol. The van der Waals surface area contributed by atoms with E-state index in [1.807, 2.05) is 56.3 Å². The predicted molar refractivity (Wildman–Crippen MR) is 109 cm³/mol. The van der Waals surface area contributed by atoms with Gasteiger partial charge in [-0.2, -0.15) is 0 Å². The number of hydrogen-bond acceptors (Lipinski definition) is 3. The molecule has 0 amide bonds. The van der Waals surface area contributed by atoms with Crippen molar-refractivity contribution in [2.24, 2.45) is 11.1 Å². The van der Waals surface area contributed by atoms with E-state index in [0.29, 0.717) is 5.56 Å². The normalized spacial score (nSPS) is 15.4. The first-order valence-electron chi connectivity index (χ1n) is 9.12. The molecule has 3 atom stereocenters. The second-order valence-corrected chi connectivity index (χ2v) is 8.54. The van der Waals surface area contributed by atoms with E-state index in [0.717, 1.165) is 22.8 Å². The zero-order valence-electron chi connectivity index (χ0n) is 15.5. The molecule has 0 aliphatic carbocycles. The maximum atomic E-state index is 12.1. The number of aliphatic hydroxyl groups excluding tert-OH is 1. The van der Waals surface area contributed by atoms with Crippen molar-refractivity contribution in [1.82, 2.24) is 0 Å². The van der Waals surface area contributed by atoms with Crippen molar-refractivity contribution < 1.29 is 13.5 Å². The lowest BCUT2D eigenvalue weighted by molar-refractivity contribution is 0.118. The molecule has 0 radical (unpaired) electrons. The lowest BCUT2D eigenvalue weighted by atomic mass is 9.78. The predicted octanol–water partition coefficient (Wildman–Crippen LogP) is 4.35. The highest BCUT2D eigenvalue weighted by molar-refractivity contribution is 7.89. The van der Waals surface area contributed by atoms with Crippen LogP contribution in [0.25, 0.3) is 10.8 Å². The van der Waals surface area contributed by atoms with Crippen LogP contribution in [-0.2, 0) is 10.0 Å². The minimum Gasteiger partial charge on any atom is -0.388 e. The summed E-state index contributed by atoms with van der Waals surface area (Å²) in [5.41, 5.74) is 1.36. The molecule has 3 rings (SSSR count). The largest absolute Gasteiger partial charge is 0.388 e. The molecule has 27 heavy (non-hydrogen) atoms. The number of primary sulfonamides is 1. The summed E-state index contributed by atoms with van der Waals surface area (Å²) in [6.07, 6.45) is -0.0558. The summed E-state index contributed by atoms with van der Waals surface area (Å²) in [6, 6.07) is 20.4. The first-order valence-corrected chi connectivity index (χ1v) is 10.7. The molecule has 0 bridgehead atoms. The van der Waals surface area contributed by atoms with Gasteiger partial charge >= 0.3 is 0 Å². The van der Waals surface area contributed by atoms with Gasteiger partial charge in [-0.1, -0.05) is 80.9 Å². The molecule has 3 N–H and O–H groups in total. The third-order valence-corrected chi connectivity index (χ3v) is 6.31. The SMILES string of the molecule is CC[C@H](C)[C@@H](c1ccccc1S(N)(=O)=O)C(O)c1cccc2ccccc12. The zero-order valence-corrected chi connectivity index (χ0v) is 16.4. The molecule has 4 nitrogen and oxygen atoms in total. The van der Waals surface area contributed by atoms with Gasteiger partial charge in [-0.3, -0.25) is 0 Å². The number of hydrogen-bond donors (Lipinski definition) is 2. The molecule has 142 valence electrons. The molecular weight excluding hydrogens is 358 g/mol. The van der Waals surface area contributed by atoms with Gasteiger partial charge in [0.25, 0.3) is 0 Å². The second-order valence-electron chi connectivity index (χ2n) is 7.01. The minimum absolute atomic E-state index is 0.0573. The van der Waals surface area contributed by atoms with E-state index < -0.39 is 22.0 Å². The van der Waals surface area contributed by atoms with Crippen LogP contribution in [0.15, 0.2) is 71.6 Å². The lowest BCUT2D eigenvalue weighted by Crippen LogP contribution is -2.23. The molecule has 0 saturated carbocycles. The summed E-state index contributed by atoms with van der Waals surface area (Å²) in [6.45, 7) is 4.06. The molecular formula is C22H25NO3S. The molecule has 0 aromatic heterocycles. The second kappa shape index (κ2) is 7.80. The van der Waals surface area contributed by atoms with Crippen molar-refractivity contribution in [2.75, 3.05) is 0 Å². The van der Waals surface area contributed by atoms with Gasteiger partial charge in [0.2, 0.25) is 10.0 Å². The Labute approximate surface area is 160 Å². The number of benzene rings is 3. The summed E-state index contributed by atoms with van der Waals surface area (Å²) in [5, 5.41) is 18.8. The van der Waals surface area contributed by atoms with Gasteiger partial charge in [-0.15, -0.1) is 0 Å². The van der Waals surface area contributed by atoms with Gasteiger partial charge in [0.15, 0.2) is 0 Å². The average Bonchev–Trinajstić information content (AvgIpc) is 2.67. The fourth-order valence-corrected chi connectivity index (χ4v) is 4.56. The van der Waals surface area contributed by atoms with Crippen LogP contribution in [0.2, 0.25) is 0 Å². The maximum Gasteiger partial charge on any atom is 0.238 e. The molecule has 0 spiro atoms. The van der Waals surface area contributed by atoms with Crippen LogP contribution in [0.1, 0.15) is 43.4 Å². The standard InChI is InChI=1S/C22H25NO3S/c1-3-15(2)21(19-12-6-7-14-20(19)27(23,25)26)22(24)18-13-8-10-16-9-4-5-11-17(16)18/h4-15,21-22,24H,3H2,1-2H3,(H2,23,25,26)/t15-,21-,22?/m0/s1. The summed E-state index contributed by atoms with van der Waals surface area (Å²) >= 11 is 0. The van der Waals surface area contributed by atoms with Gasteiger partial charge in [-0.25, -0.2) is 13.6 Å². The fraction of sp³-hybridized carbons (Fsp3) is 0.273. The molecule has 3 aromatic carbocycles. The van der Waals surface area contributed by atoms with Crippen molar-refractivity contribution in [3.05, 3.63) is 77.9 Å². The summed E-state index contributed by atoms with van der Waals surface area (Å²) in [5.74, 6) is -0.336. The summed E-state index contributed by atoms with van der Waals surface area (Å²) in [7, 11) is -3.89. The van der Waals surface area contributed by atoms with E-state index in [2.05, 4.69) is 0 Å². The van der Waals surface area contributed by atoms with Crippen molar-refractivity contribution in [2.45, 2.75) is 37.2 Å². The van der Waals surface area contributed by atoms with Gasteiger partial charge < -0.3 is 5.11 Å². The maximum absolute atomic E-state index is 12.1. The van der Waals surface area contributed by atoms with Crippen LogP contribution in [0.5, 0.6) is 0 Å². The molecule has 1 unspecified atom stereocenters. The Balaban J connectivity index is 2.20. The molecule has 0 aliphatic rings. The number of fused-ring (bicyclic) bond motifs is 1.